The zero-order chi connectivity index (χ0) is 20.0. The van der Waals surface area contributed by atoms with Crippen molar-refractivity contribution >= 4 is 11.8 Å². The van der Waals surface area contributed by atoms with Crippen LogP contribution in [0.25, 0.3) is 0 Å². The first-order valence-electron chi connectivity index (χ1n) is 10.3. The second-order valence-electron chi connectivity index (χ2n) is 8.39. The highest BCUT2D eigenvalue weighted by Crippen LogP contribution is 2.38. The van der Waals surface area contributed by atoms with E-state index in [0.717, 1.165) is 37.2 Å². The Morgan fingerprint density at radius 2 is 2.21 bits per heavy atom. The number of aromatic nitrogens is 1. The fourth-order valence-corrected chi connectivity index (χ4v) is 5.19. The van der Waals surface area contributed by atoms with Gasteiger partial charge in [0.1, 0.15) is 12.3 Å². The van der Waals surface area contributed by atoms with Crippen LogP contribution in [0.3, 0.4) is 0 Å². The van der Waals surface area contributed by atoms with Gasteiger partial charge in [0.2, 0.25) is 5.91 Å². The highest BCUT2D eigenvalue weighted by atomic mass is 16.2. The number of amides is 2. The Bertz CT molecular complexity index is 829. The van der Waals surface area contributed by atoms with Crippen molar-refractivity contribution in [3.05, 3.63) is 41.9 Å². The van der Waals surface area contributed by atoms with E-state index < -0.39 is 6.17 Å². The molecule has 6 unspecified atom stereocenters. The fourth-order valence-electron chi connectivity index (χ4n) is 5.19. The van der Waals surface area contributed by atoms with Gasteiger partial charge in [0.05, 0.1) is 11.6 Å². The number of nitrogens with zero attached hydrogens (tertiary/aromatic N) is 2. The van der Waals surface area contributed by atoms with Gasteiger partial charge in [-0.15, -0.1) is 0 Å². The number of fused-ring (bicyclic) bond motifs is 2. The molecule has 5 rings (SSSR count). The number of hydrazine groups is 2. The van der Waals surface area contributed by atoms with E-state index in [-0.39, 0.29) is 23.9 Å². The van der Waals surface area contributed by atoms with Crippen molar-refractivity contribution in [3.8, 4) is 0 Å². The maximum absolute atomic E-state index is 13.0. The molecule has 3 aliphatic heterocycles. The van der Waals surface area contributed by atoms with Gasteiger partial charge in [0, 0.05) is 37.5 Å². The summed E-state index contributed by atoms with van der Waals surface area (Å²) >= 11 is 0. The van der Waals surface area contributed by atoms with Gasteiger partial charge in [-0.1, -0.05) is 6.07 Å². The Kier molecular flexibility index (Phi) is 4.73. The van der Waals surface area contributed by atoms with E-state index in [1.54, 1.807) is 17.3 Å². The Labute approximate surface area is 169 Å². The van der Waals surface area contributed by atoms with Crippen LogP contribution in [0.15, 0.2) is 36.2 Å². The molecule has 5 N–H and O–H groups in total. The molecule has 4 aliphatic rings. The first-order valence-corrected chi connectivity index (χ1v) is 10.3. The number of nitrogens with one attached hydrogen (secondary N) is 5. The normalized spacial score (nSPS) is 36.1. The summed E-state index contributed by atoms with van der Waals surface area (Å²) in [6.07, 6.45) is 5.95. The molecule has 6 atom stereocenters. The standard InChI is InChI=1S/C20H27N7O2/c1-11(28)23-19-18(15-4-2-3-7-21-15)20-24-16(9-17(29)27(20)26-19)12-5-6-14-13(8-12)10-22-25-14/h2-4,7,9,12-14,18-20,22,24-26H,5-6,8,10H2,1H3,(H,23,28). The van der Waals surface area contributed by atoms with Gasteiger partial charge in [0.15, 0.2) is 0 Å². The number of carbonyl (C=O) groups excluding carboxylic acids is 2. The number of pyridine rings is 1. The van der Waals surface area contributed by atoms with Crippen LogP contribution < -0.4 is 26.9 Å². The summed E-state index contributed by atoms with van der Waals surface area (Å²) in [7, 11) is 0. The highest BCUT2D eigenvalue weighted by Gasteiger charge is 2.48. The molecular weight excluding hydrogens is 370 g/mol. The van der Waals surface area contributed by atoms with E-state index in [2.05, 4.69) is 31.9 Å². The van der Waals surface area contributed by atoms with E-state index >= 15 is 0 Å². The first-order chi connectivity index (χ1) is 14.1. The van der Waals surface area contributed by atoms with Crippen molar-refractivity contribution in [2.45, 2.75) is 50.5 Å². The first kappa shape index (κ1) is 18.5. The van der Waals surface area contributed by atoms with Gasteiger partial charge >= 0.3 is 0 Å². The lowest BCUT2D eigenvalue weighted by atomic mass is 9.77. The molecule has 1 aromatic heterocycles. The number of rotatable bonds is 3. The average molecular weight is 397 g/mol. The third-order valence-electron chi connectivity index (χ3n) is 6.55. The SMILES string of the molecule is CC(=O)NC1NN2C(=O)C=C(C3CCC4NNCC4C3)NC2C1c1ccccn1. The zero-order valence-corrected chi connectivity index (χ0v) is 16.4. The van der Waals surface area contributed by atoms with Crippen molar-refractivity contribution in [1.82, 2.24) is 36.9 Å². The lowest BCUT2D eigenvalue weighted by molar-refractivity contribution is -0.132. The van der Waals surface area contributed by atoms with Crippen molar-refractivity contribution in [3.63, 3.8) is 0 Å². The van der Waals surface area contributed by atoms with E-state index in [0.29, 0.717) is 17.9 Å². The molecule has 3 fully saturated rings. The number of hydrogen-bond donors (Lipinski definition) is 5. The Morgan fingerprint density at radius 1 is 1.31 bits per heavy atom. The van der Waals surface area contributed by atoms with Gasteiger partial charge in [-0.25, -0.2) is 10.4 Å². The molecular formula is C20H27N7O2. The summed E-state index contributed by atoms with van der Waals surface area (Å²) < 4.78 is 0. The molecule has 0 aromatic carbocycles. The van der Waals surface area contributed by atoms with Crippen LogP contribution in [0.2, 0.25) is 0 Å². The fraction of sp³-hybridized carbons (Fsp3) is 0.550. The minimum atomic E-state index is -0.407. The van der Waals surface area contributed by atoms with Crippen molar-refractivity contribution in [1.29, 1.82) is 0 Å². The summed E-state index contributed by atoms with van der Waals surface area (Å²) in [5.74, 6) is 0.503. The maximum atomic E-state index is 13.0. The molecule has 2 amide bonds. The largest absolute Gasteiger partial charge is 0.366 e. The molecule has 0 radical (unpaired) electrons. The molecule has 9 heteroatoms. The van der Waals surface area contributed by atoms with Crippen LogP contribution in [0.5, 0.6) is 0 Å². The van der Waals surface area contributed by atoms with E-state index in [1.807, 2.05) is 18.2 Å². The zero-order valence-electron chi connectivity index (χ0n) is 16.4. The molecule has 29 heavy (non-hydrogen) atoms. The molecule has 154 valence electrons. The van der Waals surface area contributed by atoms with Crippen LogP contribution >= 0.6 is 0 Å². The molecule has 1 aromatic rings. The monoisotopic (exact) mass is 397 g/mol. The third-order valence-corrected chi connectivity index (χ3v) is 6.55. The average Bonchev–Trinajstić information content (AvgIpc) is 3.32. The van der Waals surface area contributed by atoms with Crippen LogP contribution in [0, 0.1) is 11.8 Å². The minimum absolute atomic E-state index is 0.0812. The van der Waals surface area contributed by atoms with Crippen LogP contribution in [-0.2, 0) is 9.59 Å². The Morgan fingerprint density at radius 3 is 3.00 bits per heavy atom. The van der Waals surface area contributed by atoms with Crippen molar-refractivity contribution < 1.29 is 9.59 Å². The van der Waals surface area contributed by atoms with E-state index in [1.165, 1.54) is 6.92 Å². The van der Waals surface area contributed by atoms with E-state index in [9.17, 15) is 9.59 Å². The Hall–Kier alpha value is -2.49. The van der Waals surface area contributed by atoms with Crippen molar-refractivity contribution in [2.24, 2.45) is 11.8 Å². The molecule has 0 bridgehead atoms. The number of carbonyl (C=O) groups is 2. The second-order valence-corrected chi connectivity index (χ2v) is 8.39. The van der Waals surface area contributed by atoms with Gasteiger partial charge in [0.25, 0.3) is 5.91 Å². The predicted octanol–water partition coefficient (Wildman–Crippen LogP) is -0.320. The second kappa shape index (κ2) is 7.40. The molecule has 4 heterocycles. The number of hydrogen-bond acceptors (Lipinski definition) is 7. The molecule has 0 spiro atoms. The number of allylic oxidation sites excluding steroid dienone is 1. The highest BCUT2D eigenvalue weighted by molar-refractivity contribution is 5.89. The summed E-state index contributed by atoms with van der Waals surface area (Å²) in [4.78, 5) is 29.2. The molecule has 1 aliphatic carbocycles. The van der Waals surface area contributed by atoms with Gasteiger partial charge < -0.3 is 10.6 Å². The van der Waals surface area contributed by atoms with Crippen LogP contribution in [0.4, 0.5) is 0 Å². The lowest BCUT2D eigenvalue weighted by Crippen LogP contribution is -2.54. The topological polar surface area (TPSA) is 110 Å². The summed E-state index contributed by atoms with van der Waals surface area (Å²) in [6.45, 7) is 2.45. The quantitative estimate of drug-likeness (QED) is 0.475. The van der Waals surface area contributed by atoms with Gasteiger partial charge in [-0.3, -0.25) is 25.4 Å². The van der Waals surface area contributed by atoms with E-state index in [4.69, 9.17) is 0 Å². The molecule has 9 nitrogen and oxygen atoms in total. The Balaban J connectivity index is 1.41. The van der Waals surface area contributed by atoms with Crippen molar-refractivity contribution in [2.75, 3.05) is 6.54 Å². The summed E-state index contributed by atoms with van der Waals surface area (Å²) in [5.41, 5.74) is 11.6. The summed E-state index contributed by atoms with van der Waals surface area (Å²) in [5, 5.41) is 8.14. The van der Waals surface area contributed by atoms with Gasteiger partial charge in [-0.05, 0) is 43.2 Å². The predicted molar refractivity (Wildman–Crippen MR) is 105 cm³/mol. The minimum Gasteiger partial charge on any atom is -0.366 e. The van der Waals surface area contributed by atoms with Crippen LogP contribution in [0.1, 0.15) is 37.8 Å². The lowest BCUT2D eigenvalue weighted by Gasteiger charge is -2.38. The third kappa shape index (κ3) is 3.39. The molecule has 1 saturated carbocycles. The maximum Gasteiger partial charge on any atom is 0.264 e. The van der Waals surface area contributed by atoms with Crippen LogP contribution in [-0.4, -0.2) is 46.7 Å². The van der Waals surface area contributed by atoms with Gasteiger partial charge in [-0.2, -0.15) is 0 Å². The smallest absolute Gasteiger partial charge is 0.264 e. The summed E-state index contributed by atoms with van der Waals surface area (Å²) in [6, 6.07) is 6.26. The molecule has 2 saturated heterocycles.